The summed E-state index contributed by atoms with van der Waals surface area (Å²) < 4.78 is 8.09. The summed E-state index contributed by atoms with van der Waals surface area (Å²) in [7, 11) is 0. The van der Waals surface area contributed by atoms with Gasteiger partial charge in [0.25, 0.3) is 0 Å². The van der Waals surface area contributed by atoms with Crippen LogP contribution in [0.4, 0.5) is 0 Å². The van der Waals surface area contributed by atoms with Gasteiger partial charge in [-0.05, 0) is 37.3 Å². The molecule has 21 heavy (non-hydrogen) atoms. The molecule has 0 radical (unpaired) electrons. The van der Waals surface area contributed by atoms with Crippen LogP contribution in [-0.2, 0) is 6.54 Å². The Bertz CT molecular complexity index is 626. The normalized spacial score (nSPS) is 18.5. The minimum atomic E-state index is 0.415. The molecule has 1 aliphatic rings. The van der Waals surface area contributed by atoms with Gasteiger partial charge in [0.05, 0.1) is 5.02 Å². The number of fused-ring (bicyclic) bond motifs is 1. The summed E-state index contributed by atoms with van der Waals surface area (Å²) in [5.74, 6) is 0.689. The van der Waals surface area contributed by atoms with Crippen LogP contribution in [0.5, 0.6) is 5.75 Å². The van der Waals surface area contributed by atoms with Crippen LogP contribution < -0.4 is 4.74 Å². The van der Waals surface area contributed by atoms with Crippen molar-refractivity contribution in [2.24, 2.45) is 0 Å². The lowest BCUT2D eigenvalue weighted by molar-refractivity contribution is 0.139. The topological polar surface area (TPSA) is 17.4 Å². The molecule has 2 heterocycles. The fourth-order valence-corrected chi connectivity index (χ4v) is 3.26. The molecule has 3 nitrogen and oxygen atoms in total. The lowest BCUT2D eigenvalue weighted by atomic mass is 10.1. The average Bonchev–Trinajstić information content (AvgIpc) is 2.93. The van der Waals surface area contributed by atoms with Crippen LogP contribution in [0.2, 0.25) is 10.0 Å². The summed E-state index contributed by atoms with van der Waals surface area (Å²) in [4.78, 5) is 2.43. The Morgan fingerprint density at radius 2 is 2.10 bits per heavy atom. The Kier molecular flexibility index (Phi) is 4.43. The minimum Gasteiger partial charge on any atom is -0.491 e. The quantitative estimate of drug-likeness (QED) is 0.836. The van der Waals surface area contributed by atoms with Crippen LogP contribution in [0.1, 0.15) is 18.7 Å². The zero-order chi connectivity index (χ0) is 14.8. The molecule has 1 atom stereocenters. The monoisotopic (exact) mass is 324 g/mol. The number of hydrogen-bond donors (Lipinski definition) is 0. The van der Waals surface area contributed by atoms with E-state index >= 15 is 0 Å². The number of rotatable bonds is 4. The van der Waals surface area contributed by atoms with Gasteiger partial charge in [-0.25, -0.2) is 0 Å². The molecule has 5 heteroatoms. The maximum Gasteiger partial charge on any atom is 0.138 e. The van der Waals surface area contributed by atoms with Crippen molar-refractivity contribution >= 4 is 23.2 Å². The van der Waals surface area contributed by atoms with Gasteiger partial charge >= 0.3 is 0 Å². The Labute approximate surface area is 135 Å². The molecule has 0 spiro atoms. The number of nitrogens with zero attached hydrogens (tertiary/aromatic N) is 2. The summed E-state index contributed by atoms with van der Waals surface area (Å²) in [6.45, 7) is 5.81. The van der Waals surface area contributed by atoms with E-state index in [2.05, 4.69) is 34.7 Å². The lowest BCUT2D eigenvalue weighted by Crippen LogP contribution is -2.38. The van der Waals surface area contributed by atoms with E-state index in [0.29, 0.717) is 28.4 Å². The fraction of sp³-hybridized carbons (Fsp3) is 0.375. The number of aromatic nitrogens is 1. The molecular formula is C16H18Cl2N2O. The molecule has 1 aromatic heterocycles. The second kappa shape index (κ2) is 6.30. The van der Waals surface area contributed by atoms with Gasteiger partial charge in [-0.15, -0.1) is 0 Å². The van der Waals surface area contributed by atoms with Gasteiger partial charge in [-0.1, -0.05) is 23.2 Å². The summed E-state index contributed by atoms with van der Waals surface area (Å²) >= 11 is 12.0. The molecule has 0 bridgehead atoms. The van der Waals surface area contributed by atoms with Gasteiger partial charge in [0, 0.05) is 42.6 Å². The molecule has 0 fully saturated rings. The van der Waals surface area contributed by atoms with Crippen LogP contribution in [0, 0.1) is 0 Å². The molecule has 3 rings (SSSR count). The fourth-order valence-electron chi connectivity index (χ4n) is 2.80. The van der Waals surface area contributed by atoms with Crippen LogP contribution in [0.15, 0.2) is 36.5 Å². The third-order valence-electron chi connectivity index (χ3n) is 4.00. The van der Waals surface area contributed by atoms with Crippen LogP contribution in [-0.4, -0.2) is 29.2 Å². The second-order valence-electron chi connectivity index (χ2n) is 5.26. The van der Waals surface area contributed by atoms with Crippen LogP contribution >= 0.6 is 23.2 Å². The Morgan fingerprint density at radius 3 is 2.90 bits per heavy atom. The standard InChI is InChI=1S/C16H18Cl2N2O/c1-12-15-3-2-6-20(15)8-7-19(12)9-10-21-16-5-4-13(17)11-14(16)18/h2-6,11-12H,7-10H2,1H3. The molecule has 1 aliphatic heterocycles. The number of benzene rings is 1. The molecule has 0 N–H and O–H groups in total. The van der Waals surface area contributed by atoms with Crippen molar-refractivity contribution in [2.75, 3.05) is 19.7 Å². The first-order valence-electron chi connectivity index (χ1n) is 7.12. The highest BCUT2D eigenvalue weighted by molar-refractivity contribution is 6.35. The third-order valence-corrected chi connectivity index (χ3v) is 4.53. The van der Waals surface area contributed by atoms with E-state index in [-0.39, 0.29) is 0 Å². The van der Waals surface area contributed by atoms with Crippen molar-refractivity contribution < 1.29 is 4.74 Å². The Morgan fingerprint density at radius 1 is 1.24 bits per heavy atom. The van der Waals surface area contributed by atoms with E-state index < -0.39 is 0 Å². The first-order valence-corrected chi connectivity index (χ1v) is 7.87. The molecule has 0 saturated heterocycles. The molecule has 0 aliphatic carbocycles. The maximum atomic E-state index is 6.11. The summed E-state index contributed by atoms with van der Waals surface area (Å²) in [5, 5.41) is 1.18. The number of halogens is 2. The summed E-state index contributed by atoms with van der Waals surface area (Å²) in [6, 6.07) is 10.0. The van der Waals surface area contributed by atoms with Gasteiger partial charge in [0.1, 0.15) is 12.4 Å². The van der Waals surface area contributed by atoms with Crippen molar-refractivity contribution in [2.45, 2.75) is 19.5 Å². The second-order valence-corrected chi connectivity index (χ2v) is 6.11. The average molecular weight is 325 g/mol. The van der Waals surface area contributed by atoms with Crippen molar-refractivity contribution in [3.8, 4) is 5.75 Å². The highest BCUT2D eigenvalue weighted by Crippen LogP contribution is 2.28. The predicted molar refractivity (Wildman–Crippen MR) is 86.4 cm³/mol. The molecule has 1 unspecified atom stereocenters. The predicted octanol–water partition coefficient (Wildman–Crippen LogP) is 4.25. The van der Waals surface area contributed by atoms with Gasteiger partial charge < -0.3 is 9.30 Å². The number of ether oxygens (including phenoxy) is 1. The van der Waals surface area contributed by atoms with Crippen molar-refractivity contribution in [3.63, 3.8) is 0 Å². The largest absolute Gasteiger partial charge is 0.491 e. The van der Waals surface area contributed by atoms with Gasteiger partial charge in [0.15, 0.2) is 0 Å². The molecular weight excluding hydrogens is 307 g/mol. The Hall–Kier alpha value is -1.16. The van der Waals surface area contributed by atoms with Gasteiger partial charge in [-0.2, -0.15) is 0 Å². The zero-order valence-electron chi connectivity index (χ0n) is 11.9. The van der Waals surface area contributed by atoms with E-state index in [1.54, 1.807) is 12.1 Å². The highest BCUT2D eigenvalue weighted by atomic mass is 35.5. The summed E-state index contributed by atoms with van der Waals surface area (Å²) in [5.41, 5.74) is 1.37. The van der Waals surface area contributed by atoms with Crippen LogP contribution in [0.25, 0.3) is 0 Å². The molecule has 0 amide bonds. The van der Waals surface area contributed by atoms with Crippen molar-refractivity contribution in [1.29, 1.82) is 0 Å². The first kappa shape index (κ1) is 14.8. The SMILES string of the molecule is CC1c2cccn2CCN1CCOc1ccc(Cl)cc1Cl. The van der Waals surface area contributed by atoms with Crippen LogP contribution in [0.3, 0.4) is 0 Å². The first-order chi connectivity index (χ1) is 10.1. The smallest absolute Gasteiger partial charge is 0.138 e. The highest BCUT2D eigenvalue weighted by Gasteiger charge is 2.22. The molecule has 1 aromatic carbocycles. The zero-order valence-corrected chi connectivity index (χ0v) is 13.4. The molecule has 112 valence electrons. The van der Waals surface area contributed by atoms with Gasteiger partial charge in [0.2, 0.25) is 0 Å². The van der Waals surface area contributed by atoms with E-state index in [9.17, 15) is 0 Å². The Balaban J connectivity index is 1.56. The number of hydrogen-bond acceptors (Lipinski definition) is 2. The van der Waals surface area contributed by atoms with Crippen molar-refractivity contribution in [3.05, 3.63) is 52.3 Å². The summed E-state index contributed by atoms with van der Waals surface area (Å²) in [6.07, 6.45) is 2.15. The molecule has 2 aromatic rings. The van der Waals surface area contributed by atoms with E-state index in [1.165, 1.54) is 5.69 Å². The van der Waals surface area contributed by atoms with E-state index in [4.69, 9.17) is 27.9 Å². The van der Waals surface area contributed by atoms with E-state index in [0.717, 1.165) is 19.6 Å². The van der Waals surface area contributed by atoms with Gasteiger partial charge in [-0.3, -0.25) is 4.90 Å². The van der Waals surface area contributed by atoms with E-state index in [1.807, 2.05) is 6.07 Å². The third kappa shape index (κ3) is 3.20. The molecule has 0 saturated carbocycles. The minimum absolute atomic E-state index is 0.415. The van der Waals surface area contributed by atoms with Crippen molar-refractivity contribution in [1.82, 2.24) is 9.47 Å². The lowest BCUT2D eigenvalue weighted by Gasteiger charge is -2.34. The maximum absolute atomic E-state index is 6.11.